The molecule has 21 heavy (non-hydrogen) atoms. The van der Waals surface area contributed by atoms with Gasteiger partial charge in [-0.2, -0.15) is 13.2 Å². The molecule has 6 nitrogen and oxygen atoms in total. The molecular weight excluding hydrogens is 291 g/mol. The summed E-state index contributed by atoms with van der Waals surface area (Å²) in [6.07, 6.45) is -4.92. The molecule has 0 atom stereocenters. The fourth-order valence-corrected chi connectivity index (χ4v) is 2.03. The van der Waals surface area contributed by atoms with E-state index in [0.717, 1.165) is 0 Å². The smallest absolute Gasteiger partial charge is 0.382 e. The summed E-state index contributed by atoms with van der Waals surface area (Å²) >= 11 is 0. The van der Waals surface area contributed by atoms with E-state index in [0.29, 0.717) is 0 Å². The predicted octanol–water partition coefficient (Wildman–Crippen LogP) is 2.46. The molecule has 0 aliphatic heterocycles. The van der Waals surface area contributed by atoms with Crippen LogP contribution >= 0.6 is 0 Å². The zero-order valence-electron chi connectivity index (χ0n) is 11.0. The number of rotatable bonds is 4. The summed E-state index contributed by atoms with van der Waals surface area (Å²) in [5.74, 6) is -0.988. The number of hydrogen-bond donors (Lipinski definition) is 2. The van der Waals surface area contributed by atoms with Gasteiger partial charge in [-0.15, -0.1) is 0 Å². The standard InChI is InChI=1S/C12H12F3N3O3/c1-16-9-7(3-2-4-8(9)18(20)21)10(19)17-11(5-6-11)12(13,14)15/h2-4,16H,5-6H2,1H3,(H,17,19). The van der Waals surface area contributed by atoms with E-state index in [1.807, 2.05) is 5.32 Å². The van der Waals surface area contributed by atoms with Crippen molar-refractivity contribution in [3.63, 3.8) is 0 Å². The molecule has 1 fully saturated rings. The van der Waals surface area contributed by atoms with E-state index in [1.165, 1.54) is 25.2 Å². The third kappa shape index (κ3) is 2.63. The number of nitro benzene ring substituents is 1. The van der Waals surface area contributed by atoms with Gasteiger partial charge in [-0.3, -0.25) is 14.9 Å². The highest BCUT2D eigenvalue weighted by Crippen LogP contribution is 2.49. The number of nitro groups is 1. The molecule has 0 unspecified atom stereocenters. The Balaban J connectivity index is 2.33. The third-order valence-electron chi connectivity index (χ3n) is 3.38. The van der Waals surface area contributed by atoms with Crippen molar-refractivity contribution in [2.45, 2.75) is 24.6 Å². The fourth-order valence-electron chi connectivity index (χ4n) is 2.03. The average Bonchev–Trinajstić information content (AvgIpc) is 3.17. The number of anilines is 1. The molecule has 0 heterocycles. The van der Waals surface area contributed by atoms with Gasteiger partial charge in [0.2, 0.25) is 0 Å². The first-order valence-electron chi connectivity index (χ1n) is 6.06. The Morgan fingerprint density at radius 1 is 1.38 bits per heavy atom. The van der Waals surface area contributed by atoms with Gasteiger partial charge in [0.05, 0.1) is 10.5 Å². The average molecular weight is 303 g/mol. The zero-order valence-corrected chi connectivity index (χ0v) is 11.0. The van der Waals surface area contributed by atoms with Crippen molar-refractivity contribution >= 4 is 17.3 Å². The number of nitrogens with zero attached hydrogens (tertiary/aromatic N) is 1. The Morgan fingerprint density at radius 3 is 2.43 bits per heavy atom. The van der Waals surface area contributed by atoms with Gasteiger partial charge in [0.15, 0.2) is 0 Å². The van der Waals surface area contributed by atoms with Gasteiger partial charge in [-0.1, -0.05) is 6.07 Å². The summed E-state index contributed by atoms with van der Waals surface area (Å²) in [6.45, 7) is 0. The van der Waals surface area contributed by atoms with E-state index < -0.39 is 22.5 Å². The van der Waals surface area contributed by atoms with E-state index in [-0.39, 0.29) is 29.8 Å². The van der Waals surface area contributed by atoms with E-state index in [2.05, 4.69) is 5.32 Å². The van der Waals surface area contributed by atoms with Gasteiger partial charge in [-0.05, 0) is 18.9 Å². The molecule has 1 aromatic carbocycles. The van der Waals surface area contributed by atoms with Crippen LogP contribution in [0.1, 0.15) is 23.2 Å². The largest absolute Gasteiger partial charge is 0.411 e. The van der Waals surface area contributed by atoms with Crippen molar-refractivity contribution in [1.29, 1.82) is 0 Å². The fraction of sp³-hybridized carbons (Fsp3) is 0.417. The van der Waals surface area contributed by atoms with Crippen LogP contribution in [0.3, 0.4) is 0 Å². The number of hydrogen-bond acceptors (Lipinski definition) is 4. The molecule has 1 aliphatic rings. The lowest BCUT2D eigenvalue weighted by Crippen LogP contribution is -2.48. The van der Waals surface area contributed by atoms with Gasteiger partial charge in [0.1, 0.15) is 11.2 Å². The van der Waals surface area contributed by atoms with Crippen molar-refractivity contribution < 1.29 is 22.9 Å². The minimum absolute atomic E-state index is 0.113. The molecule has 0 radical (unpaired) electrons. The molecule has 0 bridgehead atoms. The summed E-state index contributed by atoms with van der Waals surface area (Å²) in [5.41, 5.74) is -2.89. The van der Waals surface area contributed by atoms with Crippen LogP contribution in [0.15, 0.2) is 18.2 Å². The molecule has 1 aliphatic carbocycles. The molecule has 9 heteroatoms. The minimum Gasteiger partial charge on any atom is -0.382 e. The van der Waals surface area contributed by atoms with Crippen LogP contribution in [-0.4, -0.2) is 29.6 Å². The highest BCUT2D eigenvalue weighted by molar-refractivity contribution is 6.02. The molecular formula is C12H12F3N3O3. The Kier molecular flexibility index (Phi) is 3.52. The normalized spacial score (nSPS) is 16.2. The van der Waals surface area contributed by atoms with Crippen LogP contribution in [0.4, 0.5) is 24.5 Å². The van der Waals surface area contributed by atoms with Gasteiger partial charge in [0, 0.05) is 13.1 Å². The molecule has 0 saturated heterocycles. The molecule has 1 saturated carbocycles. The number of alkyl halides is 3. The van der Waals surface area contributed by atoms with Gasteiger partial charge in [0.25, 0.3) is 11.6 Å². The first-order chi connectivity index (χ1) is 9.72. The van der Waals surface area contributed by atoms with Crippen molar-refractivity contribution in [2.24, 2.45) is 0 Å². The Morgan fingerprint density at radius 2 is 2.00 bits per heavy atom. The Hall–Kier alpha value is -2.32. The topological polar surface area (TPSA) is 84.3 Å². The van der Waals surface area contributed by atoms with Crippen molar-refractivity contribution in [3.05, 3.63) is 33.9 Å². The van der Waals surface area contributed by atoms with E-state index in [9.17, 15) is 28.1 Å². The van der Waals surface area contributed by atoms with Gasteiger partial charge >= 0.3 is 6.18 Å². The van der Waals surface area contributed by atoms with Crippen LogP contribution in [0.2, 0.25) is 0 Å². The molecule has 2 N–H and O–H groups in total. The molecule has 0 spiro atoms. The lowest BCUT2D eigenvalue weighted by molar-refractivity contribution is -0.384. The van der Waals surface area contributed by atoms with Crippen molar-refractivity contribution in [1.82, 2.24) is 5.32 Å². The maximum atomic E-state index is 12.8. The number of benzene rings is 1. The first kappa shape index (κ1) is 15.1. The van der Waals surface area contributed by atoms with E-state index in [1.54, 1.807) is 0 Å². The molecule has 0 aromatic heterocycles. The third-order valence-corrected chi connectivity index (χ3v) is 3.38. The number of carbonyl (C=O) groups excluding carboxylic acids is 1. The monoisotopic (exact) mass is 303 g/mol. The molecule has 114 valence electrons. The SMILES string of the molecule is CNc1c(C(=O)NC2(C(F)(F)F)CC2)cccc1[N+](=O)[O-]. The van der Waals surface area contributed by atoms with Crippen LogP contribution in [0.25, 0.3) is 0 Å². The van der Waals surface area contributed by atoms with E-state index >= 15 is 0 Å². The number of para-hydroxylation sites is 1. The van der Waals surface area contributed by atoms with Gasteiger partial charge < -0.3 is 10.6 Å². The van der Waals surface area contributed by atoms with Crippen molar-refractivity contribution in [3.8, 4) is 0 Å². The molecule has 1 aromatic rings. The number of carbonyl (C=O) groups is 1. The van der Waals surface area contributed by atoms with E-state index in [4.69, 9.17) is 0 Å². The number of halogens is 3. The van der Waals surface area contributed by atoms with Gasteiger partial charge in [-0.25, -0.2) is 0 Å². The maximum Gasteiger partial charge on any atom is 0.411 e. The lowest BCUT2D eigenvalue weighted by Gasteiger charge is -2.21. The Bertz CT molecular complexity index is 597. The summed E-state index contributed by atoms with van der Waals surface area (Å²) in [5, 5.41) is 15.3. The van der Waals surface area contributed by atoms with Crippen LogP contribution in [0, 0.1) is 10.1 Å². The minimum atomic E-state index is -4.54. The van der Waals surface area contributed by atoms with Crippen LogP contribution in [-0.2, 0) is 0 Å². The van der Waals surface area contributed by atoms with Crippen molar-refractivity contribution in [2.75, 3.05) is 12.4 Å². The summed E-state index contributed by atoms with van der Waals surface area (Å²) in [6, 6.07) is 3.65. The Labute approximate surface area is 117 Å². The van der Waals surface area contributed by atoms with Crippen LogP contribution < -0.4 is 10.6 Å². The lowest BCUT2D eigenvalue weighted by atomic mass is 10.1. The second kappa shape index (κ2) is 4.90. The highest BCUT2D eigenvalue weighted by Gasteiger charge is 2.64. The quantitative estimate of drug-likeness (QED) is 0.661. The number of amides is 1. The highest BCUT2D eigenvalue weighted by atomic mass is 19.4. The summed E-state index contributed by atoms with van der Waals surface area (Å²) < 4.78 is 38.5. The second-order valence-corrected chi connectivity index (χ2v) is 4.74. The zero-order chi connectivity index (χ0) is 15.8. The first-order valence-corrected chi connectivity index (χ1v) is 6.06. The maximum absolute atomic E-state index is 12.8. The van der Waals surface area contributed by atoms with Crippen LogP contribution in [0.5, 0.6) is 0 Å². The summed E-state index contributed by atoms with van der Waals surface area (Å²) in [7, 11) is 1.36. The molecule has 1 amide bonds. The molecule has 2 rings (SSSR count). The predicted molar refractivity (Wildman–Crippen MR) is 68.1 cm³/mol. The number of nitrogens with one attached hydrogen (secondary N) is 2. The summed E-state index contributed by atoms with van der Waals surface area (Å²) in [4.78, 5) is 22.2. The second-order valence-electron chi connectivity index (χ2n) is 4.74.